The van der Waals surface area contributed by atoms with Crippen LogP contribution in [0.25, 0.3) is 0 Å². The normalized spacial score (nSPS) is 18.4. The van der Waals surface area contributed by atoms with Crippen molar-refractivity contribution in [1.29, 1.82) is 0 Å². The van der Waals surface area contributed by atoms with Crippen molar-refractivity contribution in [1.82, 2.24) is 10.6 Å². The number of ether oxygens (including phenoxy) is 2. The number of amides is 3. The summed E-state index contributed by atoms with van der Waals surface area (Å²) in [5.41, 5.74) is 0.654. The Morgan fingerprint density at radius 1 is 1.19 bits per heavy atom. The van der Waals surface area contributed by atoms with E-state index in [4.69, 9.17) is 13.9 Å². The monoisotopic (exact) mass is 427 g/mol. The molecule has 0 bridgehead atoms. The van der Waals surface area contributed by atoms with E-state index >= 15 is 0 Å². The van der Waals surface area contributed by atoms with E-state index in [0.29, 0.717) is 22.9 Å². The first-order valence-corrected chi connectivity index (χ1v) is 10.2. The highest BCUT2D eigenvalue weighted by molar-refractivity contribution is 6.01. The predicted molar refractivity (Wildman–Crippen MR) is 110 cm³/mol. The minimum Gasteiger partial charge on any atom is -0.467 e. The molecular weight excluding hydrogens is 402 g/mol. The van der Waals surface area contributed by atoms with Gasteiger partial charge in [0, 0.05) is 24.7 Å². The average molecular weight is 427 g/mol. The number of nitrogens with zero attached hydrogens (tertiary/aromatic N) is 1. The highest BCUT2D eigenvalue weighted by atomic mass is 16.7. The summed E-state index contributed by atoms with van der Waals surface area (Å²) in [4.78, 5) is 39.6. The second kappa shape index (κ2) is 8.71. The molecule has 9 heteroatoms. The molecule has 2 aliphatic heterocycles. The van der Waals surface area contributed by atoms with Crippen molar-refractivity contribution >= 4 is 23.4 Å². The Kier molecular flexibility index (Phi) is 5.83. The van der Waals surface area contributed by atoms with Crippen molar-refractivity contribution in [3.05, 3.63) is 42.4 Å². The molecule has 2 atom stereocenters. The molecule has 164 valence electrons. The Morgan fingerprint density at radius 2 is 2.00 bits per heavy atom. The first kappa shape index (κ1) is 20.8. The van der Waals surface area contributed by atoms with Gasteiger partial charge in [0.25, 0.3) is 0 Å². The van der Waals surface area contributed by atoms with Gasteiger partial charge in [0.05, 0.1) is 18.7 Å². The van der Waals surface area contributed by atoms with Gasteiger partial charge in [-0.25, -0.2) is 0 Å². The van der Waals surface area contributed by atoms with Crippen LogP contribution in [-0.4, -0.2) is 37.1 Å². The van der Waals surface area contributed by atoms with Crippen LogP contribution in [0.3, 0.4) is 0 Å². The van der Waals surface area contributed by atoms with Gasteiger partial charge in [-0.15, -0.1) is 0 Å². The van der Waals surface area contributed by atoms with E-state index in [9.17, 15) is 14.4 Å². The standard InChI is InChI=1S/C22H25N3O6/c1-13(2)20(22(28)23-10-16-4-3-7-29-16)24-21(27)14-8-19(26)25(11-14)15-5-6-17-18(9-15)31-12-30-17/h3-7,9,13-14,20H,8,10-12H2,1-2H3,(H,23,28)(H,24,27)/t14-,20+/m1/s1. The number of fused-ring (bicyclic) bond motifs is 1. The van der Waals surface area contributed by atoms with Crippen LogP contribution in [0, 0.1) is 11.8 Å². The van der Waals surface area contributed by atoms with E-state index in [1.807, 2.05) is 13.8 Å². The van der Waals surface area contributed by atoms with E-state index in [2.05, 4.69) is 10.6 Å². The van der Waals surface area contributed by atoms with Crippen LogP contribution in [0.1, 0.15) is 26.0 Å². The molecule has 3 amide bonds. The summed E-state index contributed by atoms with van der Waals surface area (Å²) in [6.45, 7) is 4.34. The zero-order valence-electron chi connectivity index (χ0n) is 17.4. The molecule has 31 heavy (non-hydrogen) atoms. The molecule has 9 nitrogen and oxygen atoms in total. The van der Waals surface area contributed by atoms with Crippen LogP contribution in [0.5, 0.6) is 11.5 Å². The van der Waals surface area contributed by atoms with Crippen molar-refractivity contribution in [3.63, 3.8) is 0 Å². The van der Waals surface area contributed by atoms with Crippen LogP contribution in [0.15, 0.2) is 41.0 Å². The summed E-state index contributed by atoms with van der Waals surface area (Å²) >= 11 is 0. The van der Waals surface area contributed by atoms with Gasteiger partial charge in [-0.3, -0.25) is 14.4 Å². The number of hydrogen-bond acceptors (Lipinski definition) is 6. The molecule has 2 N–H and O–H groups in total. The maximum absolute atomic E-state index is 12.9. The first-order valence-electron chi connectivity index (χ1n) is 10.2. The van der Waals surface area contributed by atoms with Gasteiger partial charge in [-0.05, 0) is 30.2 Å². The number of carbonyl (C=O) groups is 3. The Morgan fingerprint density at radius 3 is 2.74 bits per heavy atom. The minimum absolute atomic E-state index is 0.0824. The number of hydrogen-bond donors (Lipinski definition) is 2. The molecule has 4 rings (SSSR count). The number of anilines is 1. The predicted octanol–water partition coefficient (Wildman–Crippen LogP) is 1.82. The third-order valence-corrected chi connectivity index (χ3v) is 5.43. The van der Waals surface area contributed by atoms with Crippen LogP contribution in [0.4, 0.5) is 5.69 Å². The Balaban J connectivity index is 1.37. The zero-order valence-corrected chi connectivity index (χ0v) is 17.4. The molecule has 0 unspecified atom stereocenters. The highest BCUT2D eigenvalue weighted by Gasteiger charge is 2.37. The van der Waals surface area contributed by atoms with E-state index < -0.39 is 12.0 Å². The third kappa shape index (κ3) is 4.50. The molecule has 0 saturated carbocycles. The minimum atomic E-state index is -0.711. The first-order chi connectivity index (χ1) is 14.9. The quantitative estimate of drug-likeness (QED) is 0.698. The van der Waals surface area contributed by atoms with Gasteiger partial charge < -0.3 is 29.4 Å². The van der Waals surface area contributed by atoms with Crippen LogP contribution >= 0.6 is 0 Å². The zero-order chi connectivity index (χ0) is 22.0. The molecule has 0 spiro atoms. The second-order valence-electron chi connectivity index (χ2n) is 7.97. The lowest BCUT2D eigenvalue weighted by atomic mass is 10.0. The van der Waals surface area contributed by atoms with Crippen molar-refractivity contribution < 1.29 is 28.3 Å². The lowest BCUT2D eigenvalue weighted by Crippen LogP contribution is -2.51. The molecule has 1 fully saturated rings. The van der Waals surface area contributed by atoms with Crippen LogP contribution < -0.4 is 25.0 Å². The Hall–Kier alpha value is -3.49. The molecule has 1 aromatic carbocycles. The molecule has 1 saturated heterocycles. The lowest BCUT2D eigenvalue weighted by Gasteiger charge is -2.23. The molecule has 1 aromatic heterocycles. The highest BCUT2D eigenvalue weighted by Crippen LogP contribution is 2.37. The number of furan rings is 1. The molecular formula is C22H25N3O6. The Bertz CT molecular complexity index is 972. The summed E-state index contributed by atoms with van der Waals surface area (Å²) in [7, 11) is 0. The average Bonchev–Trinajstić information content (AvgIpc) is 3.49. The van der Waals surface area contributed by atoms with Gasteiger partial charge >= 0.3 is 0 Å². The van der Waals surface area contributed by atoms with E-state index in [0.717, 1.165) is 0 Å². The summed E-state index contributed by atoms with van der Waals surface area (Å²) in [5, 5.41) is 5.60. The maximum Gasteiger partial charge on any atom is 0.243 e. The molecule has 0 aliphatic carbocycles. The van der Waals surface area contributed by atoms with Gasteiger partial charge in [0.15, 0.2) is 11.5 Å². The molecule has 2 aromatic rings. The van der Waals surface area contributed by atoms with Crippen LogP contribution in [0.2, 0.25) is 0 Å². The van der Waals surface area contributed by atoms with E-state index in [1.54, 1.807) is 35.2 Å². The molecule has 2 aliphatic rings. The van der Waals surface area contributed by atoms with Gasteiger partial charge in [-0.2, -0.15) is 0 Å². The summed E-state index contributed by atoms with van der Waals surface area (Å²) < 4.78 is 15.9. The summed E-state index contributed by atoms with van der Waals surface area (Å²) in [5.74, 6) is 0.404. The van der Waals surface area contributed by atoms with Crippen LogP contribution in [-0.2, 0) is 20.9 Å². The maximum atomic E-state index is 12.9. The largest absolute Gasteiger partial charge is 0.467 e. The molecule has 0 radical (unpaired) electrons. The number of rotatable bonds is 7. The lowest BCUT2D eigenvalue weighted by molar-refractivity contribution is -0.132. The number of benzene rings is 1. The fraction of sp³-hybridized carbons (Fsp3) is 0.409. The fourth-order valence-electron chi connectivity index (χ4n) is 3.69. The topological polar surface area (TPSA) is 110 Å². The van der Waals surface area contributed by atoms with Crippen molar-refractivity contribution in [3.8, 4) is 11.5 Å². The number of carbonyl (C=O) groups excluding carboxylic acids is 3. The fourth-order valence-corrected chi connectivity index (χ4v) is 3.69. The summed E-state index contributed by atoms with van der Waals surface area (Å²) in [6.07, 6.45) is 1.62. The third-order valence-electron chi connectivity index (χ3n) is 5.43. The Labute approximate surface area is 179 Å². The smallest absolute Gasteiger partial charge is 0.243 e. The summed E-state index contributed by atoms with van der Waals surface area (Å²) in [6, 6.07) is 8.04. The molecule has 3 heterocycles. The van der Waals surface area contributed by atoms with E-state index in [-0.39, 0.29) is 49.9 Å². The number of nitrogens with one attached hydrogen (secondary N) is 2. The SMILES string of the molecule is CC(C)[C@H](NC(=O)[C@@H]1CC(=O)N(c2ccc3c(c2)OCO3)C1)C(=O)NCc1ccco1. The van der Waals surface area contributed by atoms with Gasteiger partial charge in [0.1, 0.15) is 11.8 Å². The van der Waals surface area contributed by atoms with Crippen molar-refractivity contribution in [2.24, 2.45) is 11.8 Å². The van der Waals surface area contributed by atoms with Crippen molar-refractivity contribution in [2.75, 3.05) is 18.2 Å². The second-order valence-corrected chi connectivity index (χ2v) is 7.97. The van der Waals surface area contributed by atoms with Gasteiger partial charge in [-0.1, -0.05) is 13.8 Å². The van der Waals surface area contributed by atoms with E-state index in [1.165, 1.54) is 6.26 Å². The van der Waals surface area contributed by atoms with Crippen molar-refractivity contribution in [2.45, 2.75) is 32.9 Å². The van der Waals surface area contributed by atoms with Gasteiger partial charge in [0.2, 0.25) is 24.5 Å².